The molecule has 1 aromatic rings. The third kappa shape index (κ3) is 3.38. The smallest absolute Gasteiger partial charge is 0.242 e. The number of pyridine rings is 1. The molecule has 0 saturated heterocycles. The molecule has 0 bridgehead atoms. The van der Waals surface area contributed by atoms with Gasteiger partial charge in [-0.05, 0) is 18.1 Å². The highest BCUT2D eigenvalue weighted by molar-refractivity contribution is 6.29. The third-order valence-corrected chi connectivity index (χ3v) is 2.45. The number of halogens is 1. The molecular formula is C11H16ClN3O. The monoisotopic (exact) mass is 241 g/mol. The molecule has 0 aromatic carbocycles. The van der Waals surface area contributed by atoms with Crippen LogP contribution in [0.25, 0.3) is 0 Å². The van der Waals surface area contributed by atoms with Crippen LogP contribution in [0.15, 0.2) is 18.3 Å². The first kappa shape index (κ1) is 12.8. The van der Waals surface area contributed by atoms with Crippen molar-refractivity contribution in [2.45, 2.75) is 19.9 Å². The Morgan fingerprint density at radius 1 is 1.50 bits per heavy atom. The van der Waals surface area contributed by atoms with E-state index in [1.807, 2.05) is 13.8 Å². The van der Waals surface area contributed by atoms with Crippen LogP contribution in [-0.2, 0) is 4.79 Å². The van der Waals surface area contributed by atoms with E-state index in [-0.39, 0.29) is 17.9 Å². The van der Waals surface area contributed by atoms with Crippen LogP contribution in [0.1, 0.15) is 13.8 Å². The molecule has 1 heterocycles. The molecule has 0 aliphatic carbocycles. The van der Waals surface area contributed by atoms with Crippen molar-refractivity contribution in [2.75, 3.05) is 12.4 Å². The number of aromatic nitrogens is 1. The van der Waals surface area contributed by atoms with Gasteiger partial charge < -0.3 is 10.6 Å². The molecule has 16 heavy (non-hydrogen) atoms. The molecular weight excluding hydrogens is 226 g/mol. The van der Waals surface area contributed by atoms with E-state index >= 15 is 0 Å². The first-order chi connectivity index (χ1) is 7.54. The summed E-state index contributed by atoms with van der Waals surface area (Å²) < 4.78 is 0. The van der Waals surface area contributed by atoms with Gasteiger partial charge in [0.15, 0.2) is 0 Å². The Hall–Kier alpha value is -1.29. The van der Waals surface area contributed by atoms with Gasteiger partial charge in [0.05, 0.1) is 0 Å². The normalized spacial score (nSPS) is 12.3. The largest absolute Gasteiger partial charge is 0.373 e. The number of nitrogens with one attached hydrogen (secondary N) is 2. The molecule has 0 aliphatic rings. The van der Waals surface area contributed by atoms with Crippen LogP contribution in [0.5, 0.6) is 0 Å². The molecule has 4 nitrogen and oxygen atoms in total. The number of carbonyl (C=O) groups is 1. The van der Waals surface area contributed by atoms with Crippen molar-refractivity contribution >= 4 is 23.2 Å². The summed E-state index contributed by atoms with van der Waals surface area (Å²) >= 11 is 5.77. The number of amides is 1. The first-order valence-electron chi connectivity index (χ1n) is 5.14. The summed E-state index contributed by atoms with van der Waals surface area (Å²) in [7, 11) is 1.62. The van der Waals surface area contributed by atoms with E-state index in [0.29, 0.717) is 5.15 Å². The van der Waals surface area contributed by atoms with Gasteiger partial charge in [-0.1, -0.05) is 25.4 Å². The molecule has 1 aromatic heterocycles. The maximum atomic E-state index is 11.6. The Bertz CT molecular complexity index is 368. The molecule has 2 N–H and O–H groups in total. The van der Waals surface area contributed by atoms with Crippen LogP contribution >= 0.6 is 11.6 Å². The number of carbonyl (C=O) groups excluding carboxylic acids is 1. The van der Waals surface area contributed by atoms with Gasteiger partial charge >= 0.3 is 0 Å². The van der Waals surface area contributed by atoms with E-state index in [2.05, 4.69) is 15.6 Å². The summed E-state index contributed by atoms with van der Waals surface area (Å²) in [5, 5.41) is 6.17. The summed E-state index contributed by atoms with van der Waals surface area (Å²) in [4.78, 5) is 15.5. The molecule has 1 unspecified atom stereocenters. The van der Waals surface area contributed by atoms with Crippen LogP contribution in [0.2, 0.25) is 5.15 Å². The van der Waals surface area contributed by atoms with E-state index in [0.717, 1.165) is 5.69 Å². The minimum absolute atomic E-state index is 0.0389. The lowest BCUT2D eigenvalue weighted by atomic mass is 10.0. The average Bonchev–Trinajstić information content (AvgIpc) is 2.24. The zero-order chi connectivity index (χ0) is 12.1. The van der Waals surface area contributed by atoms with Crippen LogP contribution < -0.4 is 10.6 Å². The maximum Gasteiger partial charge on any atom is 0.242 e. The summed E-state index contributed by atoms with van der Waals surface area (Å²) in [6, 6.07) is 3.20. The van der Waals surface area contributed by atoms with Gasteiger partial charge in [0.25, 0.3) is 0 Å². The van der Waals surface area contributed by atoms with E-state index < -0.39 is 0 Å². The zero-order valence-electron chi connectivity index (χ0n) is 9.62. The molecule has 88 valence electrons. The number of nitrogens with zero attached hydrogens (tertiary/aromatic N) is 1. The standard InChI is InChI=1S/C11H16ClN3O/c1-7(2)10(11(16)13-3)15-8-4-5-14-9(12)6-8/h4-7,10H,1-3H3,(H,13,16)(H,14,15). The SMILES string of the molecule is CNC(=O)C(Nc1ccnc(Cl)c1)C(C)C. The van der Waals surface area contributed by atoms with Crippen molar-refractivity contribution in [3.63, 3.8) is 0 Å². The lowest BCUT2D eigenvalue weighted by molar-refractivity contribution is -0.122. The number of hydrogen-bond acceptors (Lipinski definition) is 3. The van der Waals surface area contributed by atoms with Gasteiger partial charge in [-0.3, -0.25) is 4.79 Å². The van der Waals surface area contributed by atoms with Crippen molar-refractivity contribution in [3.05, 3.63) is 23.5 Å². The Morgan fingerprint density at radius 2 is 2.19 bits per heavy atom. The molecule has 0 aliphatic heterocycles. The zero-order valence-corrected chi connectivity index (χ0v) is 10.4. The predicted molar refractivity (Wildman–Crippen MR) is 65.6 cm³/mol. The minimum Gasteiger partial charge on any atom is -0.373 e. The van der Waals surface area contributed by atoms with Crippen LogP contribution in [0.3, 0.4) is 0 Å². The lowest BCUT2D eigenvalue weighted by Crippen LogP contribution is -2.41. The third-order valence-electron chi connectivity index (χ3n) is 2.24. The van der Waals surface area contributed by atoms with Gasteiger partial charge in [-0.25, -0.2) is 4.98 Å². The van der Waals surface area contributed by atoms with Gasteiger partial charge in [0.2, 0.25) is 5.91 Å². The number of anilines is 1. The second-order valence-corrected chi connectivity index (χ2v) is 4.23. The number of hydrogen-bond donors (Lipinski definition) is 2. The van der Waals surface area contributed by atoms with Crippen molar-refractivity contribution in [1.82, 2.24) is 10.3 Å². The summed E-state index contributed by atoms with van der Waals surface area (Å²) in [5.41, 5.74) is 0.794. The Balaban J connectivity index is 2.79. The molecule has 0 fully saturated rings. The van der Waals surface area contributed by atoms with E-state index in [1.165, 1.54) is 0 Å². The van der Waals surface area contributed by atoms with Crippen LogP contribution in [0, 0.1) is 5.92 Å². The van der Waals surface area contributed by atoms with Crippen LogP contribution in [0.4, 0.5) is 5.69 Å². The highest BCUT2D eigenvalue weighted by Crippen LogP contribution is 2.15. The highest BCUT2D eigenvalue weighted by Gasteiger charge is 2.20. The highest BCUT2D eigenvalue weighted by atomic mass is 35.5. The fraction of sp³-hybridized carbons (Fsp3) is 0.455. The van der Waals surface area contributed by atoms with Gasteiger partial charge in [0.1, 0.15) is 11.2 Å². The topological polar surface area (TPSA) is 54.0 Å². The van der Waals surface area contributed by atoms with Crippen molar-refractivity contribution in [2.24, 2.45) is 5.92 Å². The Kier molecular flexibility index (Phi) is 4.55. The molecule has 1 atom stereocenters. The van der Waals surface area contributed by atoms with Crippen LogP contribution in [-0.4, -0.2) is 24.0 Å². The molecule has 0 radical (unpaired) electrons. The average molecular weight is 242 g/mol. The Morgan fingerprint density at radius 3 is 2.69 bits per heavy atom. The molecule has 0 saturated carbocycles. The molecule has 0 spiro atoms. The second kappa shape index (κ2) is 5.70. The summed E-state index contributed by atoms with van der Waals surface area (Å²) in [6.45, 7) is 3.96. The summed E-state index contributed by atoms with van der Waals surface area (Å²) in [5.74, 6) is 0.148. The quantitative estimate of drug-likeness (QED) is 0.792. The molecule has 1 rings (SSSR count). The fourth-order valence-corrected chi connectivity index (χ4v) is 1.54. The molecule has 1 amide bonds. The van der Waals surface area contributed by atoms with E-state index in [9.17, 15) is 4.79 Å². The van der Waals surface area contributed by atoms with Crippen molar-refractivity contribution in [1.29, 1.82) is 0 Å². The fourth-order valence-electron chi connectivity index (χ4n) is 1.36. The van der Waals surface area contributed by atoms with Gasteiger partial charge in [0, 0.05) is 18.9 Å². The second-order valence-electron chi connectivity index (χ2n) is 3.85. The van der Waals surface area contributed by atoms with Crippen molar-refractivity contribution in [3.8, 4) is 0 Å². The number of rotatable bonds is 4. The number of likely N-dealkylation sites (N-methyl/N-ethyl adjacent to an activating group) is 1. The Labute approximate surface area is 100 Å². The van der Waals surface area contributed by atoms with Crippen molar-refractivity contribution < 1.29 is 4.79 Å². The predicted octanol–water partition coefficient (Wildman–Crippen LogP) is 1.92. The van der Waals surface area contributed by atoms with E-state index in [1.54, 1.807) is 25.4 Å². The molecule has 5 heteroatoms. The first-order valence-corrected chi connectivity index (χ1v) is 5.52. The minimum atomic E-state index is -0.275. The summed E-state index contributed by atoms with van der Waals surface area (Å²) in [6.07, 6.45) is 1.60. The van der Waals surface area contributed by atoms with E-state index in [4.69, 9.17) is 11.6 Å². The lowest BCUT2D eigenvalue weighted by Gasteiger charge is -2.21. The van der Waals surface area contributed by atoms with Gasteiger partial charge in [-0.15, -0.1) is 0 Å². The maximum absolute atomic E-state index is 11.6. The van der Waals surface area contributed by atoms with Gasteiger partial charge in [-0.2, -0.15) is 0 Å².